The molecule has 0 saturated carbocycles. The molecule has 27 heavy (non-hydrogen) atoms. The van der Waals surface area contributed by atoms with Crippen LogP contribution in [0.4, 0.5) is 24.5 Å². The third-order valence-corrected chi connectivity index (χ3v) is 3.76. The minimum atomic E-state index is -4.60. The summed E-state index contributed by atoms with van der Waals surface area (Å²) in [6.07, 6.45) is -4.83. The number of carbonyl (C=O) groups is 2. The highest BCUT2D eigenvalue weighted by atomic mass is 19.4. The summed E-state index contributed by atoms with van der Waals surface area (Å²) in [6, 6.07) is 13.0. The average Bonchev–Trinajstić information content (AvgIpc) is 2.61. The summed E-state index contributed by atoms with van der Waals surface area (Å²) in [5, 5.41) is 11.4. The fraction of sp³-hybridized carbons (Fsp3) is 0.211. The topological polar surface area (TPSA) is 73.2 Å². The Morgan fingerprint density at radius 3 is 2.37 bits per heavy atom. The van der Waals surface area contributed by atoms with E-state index in [2.05, 4.69) is 5.32 Å². The fourth-order valence-corrected chi connectivity index (χ4v) is 2.52. The maximum Gasteiger partial charge on any atom is 0.418 e. The molecule has 0 saturated heterocycles. The van der Waals surface area contributed by atoms with Crippen molar-refractivity contribution in [1.29, 1.82) is 5.26 Å². The van der Waals surface area contributed by atoms with E-state index in [-0.39, 0.29) is 30.1 Å². The van der Waals surface area contributed by atoms with E-state index < -0.39 is 17.6 Å². The molecule has 0 aliphatic carbocycles. The van der Waals surface area contributed by atoms with Gasteiger partial charge in [-0.25, -0.2) is 0 Å². The summed E-state index contributed by atoms with van der Waals surface area (Å²) in [6.45, 7) is 1.21. The second-order valence-electron chi connectivity index (χ2n) is 5.64. The van der Waals surface area contributed by atoms with Crippen LogP contribution in [0.2, 0.25) is 0 Å². The second kappa shape index (κ2) is 8.36. The number of hydrogen-bond acceptors (Lipinski definition) is 3. The first-order valence-corrected chi connectivity index (χ1v) is 7.97. The Balaban J connectivity index is 2.12. The van der Waals surface area contributed by atoms with Gasteiger partial charge >= 0.3 is 6.18 Å². The van der Waals surface area contributed by atoms with Gasteiger partial charge in [0.1, 0.15) is 6.07 Å². The Morgan fingerprint density at radius 2 is 1.74 bits per heavy atom. The van der Waals surface area contributed by atoms with Crippen LogP contribution in [-0.4, -0.2) is 18.4 Å². The maximum atomic E-state index is 13.0. The van der Waals surface area contributed by atoms with Gasteiger partial charge in [0.15, 0.2) is 0 Å². The van der Waals surface area contributed by atoms with E-state index in [0.29, 0.717) is 5.69 Å². The predicted molar refractivity (Wildman–Crippen MR) is 93.9 cm³/mol. The van der Waals surface area contributed by atoms with E-state index in [4.69, 9.17) is 5.26 Å². The van der Waals surface area contributed by atoms with E-state index in [1.807, 2.05) is 6.07 Å². The molecule has 0 heterocycles. The van der Waals surface area contributed by atoms with Gasteiger partial charge in [-0.15, -0.1) is 0 Å². The number of rotatable bonds is 5. The summed E-state index contributed by atoms with van der Waals surface area (Å²) in [4.78, 5) is 25.3. The predicted octanol–water partition coefficient (Wildman–Crippen LogP) is 3.96. The molecule has 0 fully saturated rings. The molecule has 0 aromatic heterocycles. The van der Waals surface area contributed by atoms with Gasteiger partial charge in [-0.05, 0) is 24.3 Å². The number of amides is 2. The third-order valence-electron chi connectivity index (χ3n) is 3.76. The van der Waals surface area contributed by atoms with E-state index in [9.17, 15) is 22.8 Å². The molecule has 0 radical (unpaired) electrons. The molecular weight excluding hydrogens is 359 g/mol. The number of benzene rings is 2. The number of nitrogens with zero attached hydrogens (tertiary/aromatic N) is 2. The van der Waals surface area contributed by atoms with Gasteiger partial charge in [0.05, 0.1) is 22.5 Å². The minimum absolute atomic E-state index is 0.0754. The van der Waals surface area contributed by atoms with E-state index >= 15 is 0 Å². The standard InChI is InChI=1S/C19H16F3N3O2/c1-13(26)25(17-9-5-2-6-14(17)12-23)11-10-18(27)24-16-8-4-3-7-15(16)19(20,21)22/h2-9H,10-11H2,1H3,(H,24,27). The molecule has 0 aliphatic heterocycles. The van der Waals surface area contributed by atoms with Gasteiger partial charge in [0, 0.05) is 19.9 Å². The highest BCUT2D eigenvalue weighted by Crippen LogP contribution is 2.34. The van der Waals surface area contributed by atoms with Crippen molar-refractivity contribution in [3.8, 4) is 6.07 Å². The molecule has 2 amide bonds. The number of carbonyl (C=O) groups excluding carboxylic acids is 2. The quantitative estimate of drug-likeness (QED) is 0.860. The lowest BCUT2D eigenvalue weighted by atomic mass is 10.1. The molecule has 0 atom stereocenters. The first kappa shape index (κ1) is 20.0. The molecule has 0 unspecified atom stereocenters. The zero-order valence-corrected chi connectivity index (χ0v) is 14.4. The molecule has 5 nitrogen and oxygen atoms in total. The van der Waals surface area contributed by atoms with Gasteiger partial charge < -0.3 is 10.2 Å². The summed E-state index contributed by atoms with van der Waals surface area (Å²) in [5.74, 6) is -1.06. The monoisotopic (exact) mass is 375 g/mol. The van der Waals surface area contributed by atoms with E-state index in [0.717, 1.165) is 12.1 Å². The number of para-hydroxylation sites is 2. The molecule has 140 valence electrons. The van der Waals surface area contributed by atoms with Crippen molar-refractivity contribution in [2.24, 2.45) is 0 Å². The van der Waals surface area contributed by atoms with Crippen molar-refractivity contribution < 1.29 is 22.8 Å². The van der Waals surface area contributed by atoms with Crippen molar-refractivity contribution in [3.63, 3.8) is 0 Å². The van der Waals surface area contributed by atoms with Crippen molar-refractivity contribution in [2.45, 2.75) is 19.5 Å². The van der Waals surface area contributed by atoms with Crippen molar-refractivity contribution >= 4 is 23.2 Å². The number of alkyl halides is 3. The zero-order chi connectivity index (χ0) is 20.0. The lowest BCUT2D eigenvalue weighted by Crippen LogP contribution is -2.32. The fourth-order valence-electron chi connectivity index (χ4n) is 2.52. The van der Waals surface area contributed by atoms with Gasteiger partial charge in [0.25, 0.3) is 0 Å². The normalized spacial score (nSPS) is 10.8. The van der Waals surface area contributed by atoms with Gasteiger partial charge in [0.2, 0.25) is 11.8 Å². The molecule has 0 aliphatic rings. The van der Waals surface area contributed by atoms with Crippen LogP contribution in [0.15, 0.2) is 48.5 Å². The second-order valence-corrected chi connectivity index (χ2v) is 5.64. The molecular formula is C19H16F3N3O2. The average molecular weight is 375 g/mol. The van der Waals surface area contributed by atoms with Crippen molar-refractivity contribution in [1.82, 2.24) is 0 Å². The molecule has 8 heteroatoms. The largest absolute Gasteiger partial charge is 0.418 e. The van der Waals surface area contributed by atoms with Crippen LogP contribution in [-0.2, 0) is 15.8 Å². The first-order chi connectivity index (χ1) is 12.7. The maximum absolute atomic E-state index is 13.0. The summed E-state index contributed by atoms with van der Waals surface area (Å²) < 4.78 is 39.0. The highest BCUT2D eigenvalue weighted by molar-refractivity contribution is 5.96. The number of nitrogens with one attached hydrogen (secondary N) is 1. The summed E-state index contributed by atoms with van der Waals surface area (Å²) in [7, 11) is 0. The van der Waals surface area contributed by atoms with Crippen LogP contribution in [0, 0.1) is 11.3 Å². The lowest BCUT2D eigenvalue weighted by molar-refractivity contribution is -0.137. The van der Waals surface area contributed by atoms with Gasteiger partial charge in [-0.1, -0.05) is 24.3 Å². The van der Waals surface area contributed by atoms with Crippen LogP contribution in [0.25, 0.3) is 0 Å². The number of nitriles is 1. The Bertz CT molecular complexity index is 888. The summed E-state index contributed by atoms with van der Waals surface area (Å²) >= 11 is 0. The smallest absolute Gasteiger partial charge is 0.325 e. The molecule has 2 aromatic carbocycles. The molecule has 2 rings (SSSR count). The number of anilines is 2. The lowest BCUT2D eigenvalue weighted by Gasteiger charge is -2.22. The number of halogens is 3. The van der Waals surface area contributed by atoms with Crippen molar-refractivity contribution in [2.75, 3.05) is 16.8 Å². The zero-order valence-electron chi connectivity index (χ0n) is 14.4. The third kappa shape index (κ3) is 5.07. The molecule has 2 aromatic rings. The first-order valence-electron chi connectivity index (χ1n) is 7.97. The molecule has 0 spiro atoms. The van der Waals surface area contributed by atoms with Crippen LogP contribution in [0.5, 0.6) is 0 Å². The van der Waals surface area contributed by atoms with Gasteiger partial charge in [-0.3, -0.25) is 9.59 Å². The Labute approximate surface area is 154 Å². The SMILES string of the molecule is CC(=O)N(CCC(=O)Nc1ccccc1C(F)(F)F)c1ccccc1C#N. The van der Waals surface area contributed by atoms with Crippen LogP contribution >= 0.6 is 0 Å². The van der Waals surface area contributed by atoms with E-state index in [1.54, 1.807) is 18.2 Å². The van der Waals surface area contributed by atoms with Crippen LogP contribution in [0.3, 0.4) is 0 Å². The van der Waals surface area contributed by atoms with Gasteiger partial charge in [-0.2, -0.15) is 18.4 Å². The van der Waals surface area contributed by atoms with E-state index in [1.165, 1.54) is 30.0 Å². The highest BCUT2D eigenvalue weighted by Gasteiger charge is 2.33. The van der Waals surface area contributed by atoms with Crippen molar-refractivity contribution in [3.05, 3.63) is 59.7 Å². The number of hydrogen-bond donors (Lipinski definition) is 1. The van der Waals surface area contributed by atoms with Crippen LogP contribution in [0.1, 0.15) is 24.5 Å². The molecule has 1 N–H and O–H groups in total. The molecule has 0 bridgehead atoms. The van der Waals surface area contributed by atoms with Crippen LogP contribution < -0.4 is 10.2 Å². The Morgan fingerprint density at radius 1 is 1.11 bits per heavy atom. The minimum Gasteiger partial charge on any atom is -0.325 e. The Kier molecular flexibility index (Phi) is 6.19. The Hall–Kier alpha value is -3.34. The summed E-state index contributed by atoms with van der Waals surface area (Å²) in [5.41, 5.74) is -0.690.